The molecular formula is C15H19N3O2S. The number of aromatic nitrogens is 2. The molecule has 0 bridgehead atoms. The minimum Gasteiger partial charge on any atom is -0.467 e. The van der Waals surface area contributed by atoms with Crippen LogP contribution in [0.15, 0.2) is 28.0 Å². The van der Waals surface area contributed by atoms with Crippen molar-refractivity contribution < 1.29 is 9.21 Å². The molecule has 112 valence electrons. The molecule has 1 N–H and O–H groups in total. The Kier molecular flexibility index (Phi) is 5.38. The highest BCUT2D eigenvalue weighted by molar-refractivity contribution is 7.98. The molecular weight excluding hydrogens is 286 g/mol. The number of furan rings is 1. The van der Waals surface area contributed by atoms with Crippen LogP contribution in [0.3, 0.4) is 0 Å². The van der Waals surface area contributed by atoms with Gasteiger partial charge in [0.1, 0.15) is 5.76 Å². The predicted molar refractivity (Wildman–Crippen MR) is 82.2 cm³/mol. The highest BCUT2D eigenvalue weighted by Crippen LogP contribution is 2.17. The van der Waals surface area contributed by atoms with E-state index in [0.717, 1.165) is 27.9 Å². The molecule has 2 heterocycles. The first-order valence-electron chi connectivity index (χ1n) is 6.77. The molecule has 0 atom stereocenters. The van der Waals surface area contributed by atoms with Gasteiger partial charge in [0.05, 0.1) is 12.8 Å². The van der Waals surface area contributed by atoms with Gasteiger partial charge in [-0.15, -0.1) is 0 Å². The molecule has 21 heavy (non-hydrogen) atoms. The van der Waals surface area contributed by atoms with Crippen molar-refractivity contribution in [2.24, 2.45) is 0 Å². The third-order valence-corrected chi connectivity index (χ3v) is 3.77. The summed E-state index contributed by atoms with van der Waals surface area (Å²) in [6.45, 7) is 4.35. The Morgan fingerprint density at radius 2 is 2.05 bits per heavy atom. The summed E-state index contributed by atoms with van der Waals surface area (Å²) in [6.07, 6.45) is 4.62. The average Bonchev–Trinajstić information content (AvgIpc) is 2.97. The van der Waals surface area contributed by atoms with Gasteiger partial charge in [-0.1, -0.05) is 11.8 Å². The van der Waals surface area contributed by atoms with E-state index < -0.39 is 0 Å². The van der Waals surface area contributed by atoms with Gasteiger partial charge in [0.2, 0.25) is 5.91 Å². The Labute approximate surface area is 128 Å². The summed E-state index contributed by atoms with van der Waals surface area (Å²) < 4.78 is 5.17. The molecule has 0 fully saturated rings. The Balaban J connectivity index is 1.89. The maximum Gasteiger partial charge on any atom is 0.220 e. The van der Waals surface area contributed by atoms with Crippen LogP contribution in [-0.2, 0) is 17.8 Å². The smallest absolute Gasteiger partial charge is 0.220 e. The van der Waals surface area contributed by atoms with Crippen LogP contribution in [0.2, 0.25) is 0 Å². The molecule has 2 aromatic heterocycles. The van der Waals surface area contributed by atoms with Crippen molar-refractivity contribution in [3.63, 3.8) is 0 Å². The number of nitrogens with one attached hydrogen (secondary N) is 1. The zero-order valence-corrected chi connectivity index (χ0v) is 13.3. The van der Waals surface area contributed by atoms with Gasteiger partial charge in [0.15, 0.2) is 5.16 Å². The Bertz CT molecular complexity index is 588. The van der Waals surface area contributed by atoms with Gasteiger partial charge in [-0.3, -0.25) is 4.79 Å². The first-order valence-corrected chi connectivity index (χ1v) is 8.00. The second-order valence-electron chi connectivity index (χ2n) is 4.72. The molecule has 0 aromatic carbocycles. The van der Waals surface area contributed by atoms with Crippen LogP contribution in [0, 0.1) is 13.8 Å². The lowest BCUT2D eigenvalue weighted by atomic mass is 10.1. The van der Waals surface area contributed by atoms with E-state index in [-0.39, 0.29) is 5.91 Å². The number of carbonyl (C=O) groups is 1. The number of hydrogen-bond acceptors (Lipinski definition) is 5. The summed E-state index contributed by atoms with van der Waals surface area (Å²) in [5.41, 5.74) is 2.96. The van der Waals surface area contributed by atoms with Crippen molar-refractivity contribution in [2.45, 2.75) is 38.4 Å². The zero-order valence-electron chi connectivity index (χ0n) is 12.5. The van der Waals surface area contributed by atoms with Crippen LogP contribution >= 0.6 is 11.8 Å². The molecule has 0 saturated heterocycles. The second kappa shape index (κ2) is 7.26. The summed E-state index contributed by atoms with van der Waals surface area (Å²) >= 11 is 1.52. The molecule has 2 aromatic rings. The Morgan fingerprint density at radius 3 is 2.62 bits per heavy atom. The summed E-state index contributed by atoms with van der Waals surface area (Å²) in [6, 6.07) is 3.64. The molecule has 0 aliphatic heterocycles. The Hall–Kier alpha value is -1.82. The number of amides is 1. The van der Waals surface area contributed by atoms with Crippen molar-refractivity contribution in [1.29, 1.82) is 0 Å². The number of nitrogens with zero attached hydrogens (tertiary/aromatic N) is 2. The van der Waals surface area contributed by atoms with Gasteiger partial charge in [0, 0.05) is 17.8 Å². The fourth-order valence-corrected chi connectivity index (χ4v) is 2.54. The summed E-state index contributed by atoms with van der Waals surface area (Å²) in [4.78, 5) is 20.7. The quantitative estimate of drug-likeness (QED) is 0.656. The van der Waals surface area contributed by atoms with Crippen LogP contribution in [-0.4, -0.2) is 22.1 Å². The van der Waals surface area contributed by atoms with Gasteiger partial charge in [-0.05, 0) is 44.2 Å². The number of carbonyl (C=O) groups excluding carboxylic acids is 1. The number of aryl methyl sites for hydroxylation is 2. The van der Waals surface area contributed by atoms with E-state index in [1.165, 1.54) is 11.8 Å². The van der Waals surface area contributed by atoms with Crippen molar-refractivity contribution >= 4 is 17.7 Å². The molecule has 0 aliphatic carbocycles. The normalized spacial score (nSPS) is 10.6. The number of thioether (sulfide) groups is 1. The predicted octanol–water partition coefficient (Wildman–Crippen LogP) is 2.66. The van der Waals surface area contributed by atoms with Crippen LogP contribution in [0.4, 0.5) is 0 Å². The fourth-order valence-electron chi connectivity index (χ4n) is 2.09. The molecule has 0 spiro atoms. The molecule has 5 nitrogen and oxygen atoms in total. The minimum atomic E-state index is -0.000793. The lowest BCUT2D eigenvalue weighted by Gasteiger charge is -2.10. The van der Waals surface area contributed by atoms with E-state index >= 15 is 0 Å². The monoisotopic (exact) mass is 305 g/mol. The van der Waals surface area contributed by atoms with Crippen LogP contribution < -0.4 is 5.32 Å². The average molecular weight is 305 g/mol. The van der Waals surface area contributed by atoms with Crippen molar-refractivity contribution in [3.05, 3.63) is 41.1 Å². The van der Waals surface area contributed by atoms with E-state index in [2.05, 4.69) is 15.3 Å². The van der Waals surface area contributed by atoms with E-state index in [1.54, 1.807) is 12.3 Å². The minimum absolute atomic E-state index is 0.000793. The first kappa shape index (κ1) is 15.6. The topological polar surface area (TPSA) is 68.0 Å². The van der Waals surface area contributed by atoms with E-state index in [1.807, 2.05) is 26.2 Å². The van der Waals surface area contributed by atoms with Gasteiger partial charge in [-0.25, -0.2) is 9.97 Å². The largest absolute Gasteiger partial charge is 0.467 e. The maximum absolute atomic E-state index is 11.9. The molecule has 1 amide bonds. The van der Waals surface area contributed by atoms with Gasteiger partial charge < -0.3 is 9.73 Å². The highest BCUT2D eigenvalue weighted by atomic mass is 32.2. The fraction of sp³-hybridized carbons (Fsp3) is 0.400. The van der Waals surface area contributed by atoms with Crippen molar-refractivity contribution in [1.82, 2.24) is 15.3 Å². The van der Waals surface area contributed by atoms with E-state index in [0.29, 0.717) is 19.4 Å². The summed E-state index contributed by atoms with van der Waals surface area (Å²) in [5.74, 6) is 0.752. The van der Waals surface area contributed by atoms with Gasteiger partial charge in [0.25, 0.3) is 0 Å². The summed E-state index contributed by atoms with van der Waals surface area (Å²) in [5, 5.41) is 3.61. The third kappa shape index (κ3) is 4.32. The molecule has 2 rings (SSSR count). The molecule has 0 aliphatic rings. The van der Waals surface area contributed by atoms with Crippen LogP contribution in [0.5, 0.6) is 0 Å². The lowest BCUT2D eigenvalue weighted by Crippen LogP contribution is -2.23. The first-order chi connectivity index (χ1) is 10.1. The lowest BCUT2D eigenvalue weighted by molar-refractivity contribution is -0.121. The van der Waals surface area contributed by atoms with Crippen LogP contribution in [0.1, 0.15) is 29.1 Å². The summed E-state index contributed by atoms with van der Waals surface area (Å²) in [7, 11) is 0. The van der Waals surface area contributed by atoms with Gasteiger partial charge >= 0.3 is 0 Å². The SMILES string of the molecule is CSc1nc(C)c(CCC(=O)NCc2ccco2)c(C)n1. The third-order valence-electron chi connectivity index (χ3n) is 3.22. The van der Waals surface area contributed by atoms with E-state index in [9.17, 15) is 4.79 Å². The highest BCUT2D eigenvalue weighted by Gasteiger charge is 2.10. The van der Waals surface area contributed by atoms with Gasteiger partial charge in [-0.2, -0.15) is 0 Å². The zero-order chi connectivity index (χ0) is 15.2. The number of rotatable bonds is 6. The van der Waals surface area contributed by atoms with Crippen molar-refractivity contribution in [3.8, 4) is 0 Å². The standard InChI is InChI=1S/C15H19N3O2S/c1-10-13(11(2)18-15(17-10)21-3)6-7-14(19)16-9-12-5-4-8-20-12/h4-5,8H,6-7,9H2,1-3H3,(H,16,19). The maximum atomic E-state index is 11.9. The van der Waals surface area contributed by atoms with E-state index in [4.69, 9.17) is 4.42 Å². The number of hydrogen-bond donors (Lipinski definition) is 1. The molecule has 0 unspecified atom stereocenters. The molecule has 0 saturated carbocycles. The molecule has 0 radical (unpaired) electrons. The Morgan fingerprint density at radius 1 is 1.33 bits per heavy atom. The van der Waals surface area contributed by atoms with Crippen molar-refractivity contribution in [2.75, 3.05) is 6.26 Å². The second-order valence-corrected chi connectivity index (χ2v) is 5.49. The van der Waals surface area contributed by atoms with Crippen LogP contribution in [0.25, 0.3) is 0 Å². The molecule has 6 heteroatoms.